The van der Waals surface area contributed by atoms with Gasteiger partial charge in [-0.25, -0.2) is 0 Å². The number of carbonyl (C=O) groups excluding carboxylic acids is 1. The highest BCUT2D eigenvalue weighted by molar-refractivity contribution is 5.78. The summed E-state index contributed by atoms with van der Waals surface area (Å²) < 4.78 is 1.92. The molecule has 22 heavy (non-hydrogen) atoms. The fraction of sp³-hybridized carbons (Fsp3) is 0.471. The lowest BCUT2D eigenvalue weighted by Gasteiger charge is -2.12. The second-order valence-electron chi connectivity index (χ2n) is 5.96. The zero-order valence-electron chi connectivity index (χ0n) is 13.2. The number of carbonyl (C=O) groups is 1. The van der Waals surface area contributed by atoms with Crippen LogP contribution in [0.2, 0.25) is 0 Å². The fourth-order valence-electron chi connectivity index (χ4n) is 3.00. The lowest BCUT2D eigenvalue weighted by atomic mass is 9.96. The first kappa shape index (κ1) is 14.8. The van der Waals surface area contributed by atoms with Crippen LogP contribution in [-0.4, -0.2) is 20.7 Å². The topological polar surface area (TPSA) is 59.8 Å². The van der Waals surface area contributed by atoms with Crippen LogP contribution in [0.15, 0.2) is 18.3 Å². The van der Waals surface area contributed by atoms with Crippen molar-refractivity contribution in [3.05, 3.63) is 46.5 Å². The summed E-state index contributed by atoms with van der Waals surface area (Å²) in [6.45, 7) is 2.49. The summed E-state index contributed by atoms with van der Waals surface area (Å²) in [6.07, 6.45) is 6.71. The Morgan fingerprint density at radius 1 is 1.32 bits per heavy atom. The summed E-state index contributed by atoms with van der Waals surface area (Å²) in [5, 5.41) is 7.59. The maximum absolute atomic E-state index is 12.1. The zero-order chi connectivity index (χ0) is 15.5. The van der Waals surface area contributed by atoms with Crippen molar-refractivity contribution in [2.24, 2.45) is 7.05 Å². The number of hydrogen-bond acceptors (Lipinski definition) is 3. The van der Waals surface area contributed by atoms with Gasteiger partial charge in [0.1, 0.15) is 0 Å². The molecule has 1 amide bonds. The van der Waals surface area contributed by atoms with Crippen LogP contribution in [0, 0.1) is 6.92 Å². The molecule has 3 rings (SSSR count). The Labute approximate surface area is 130 Å². The van der Waals surface area contributed by atoms with Gasteiger partial charge < -0.3 is 5.32 Å². The number of amides is 1. The van der Waals surface area contributed by atoms with E-state index in [0.717, 1.165) is 29.8 Å². The van der Waals surface area contributed by atoms with Gasteiger partial charge in [-0.1, -0.05) is 6.07 Å². The molecule has 5 nitrogen and oxygen atoms in total. The zero-order valence-corrected chi connectivity index (χ0v) is 13.2. The van der Waals surface area contributed by atoms with E-state index in [4.69, 9.17) is 0 Å². The smallest absolute Gasteiger partial charge is 0.224 e. The number of hydrogen-bond donors (Lipinski definition) is 1. The van der Waals surface area contributed by atoms with E-state index in [1.54, 1.807) is 6.20 Å². The number of nitrogens with one attached hydrogen (secondary N) is 1. The minimum Gasteiger partial charge on any atom is -0.350 e. The summed E-state index contributed by atoms with van der Waals surface area (Å²) >= 11 is 0. The predicted molar refractivity (Wildman–Crippen MR) is 84.4 cm³/mol. The van der Waals surface area contributed by atoms with E-state index in [2.05, 4.69) is 15.4 Å². The summed E-state index contributed by atoms with van der Waals surface area (Å²) in [5.41, 5.74) is 5.60. The van der Waals surface area contributed by atoms with E-state index >= 15 is 0 Å². The molecule has 0 bridgehead atoms. The normalized spacial score (nSPS) is 13.7. The molecule has 0 saturated heterocycles. The van der Waals surface area contributed by atoms with Crippen LogP contribution in [0.4, 0.5) is 0 Å². The van der Waals surface area contributed by atoms with Crippen molar-refractivity contribution in [3.8, 4) is 0 Å². The minimum absolute atomic E-state index is 0.0245. The van der Waals surface area contributed by atoms with Crippen molar-refractivity contribution in [1.29, 1.82) is 0 Å². The summed E-state index contributed by atoms with van der Waals surface area (Å²) in [4.78, 5) is 16.3. The third kappa shape index (κ3) is 3.18. The maximum atomic E-state index is 12.1. The second-order valence-corrected chi connectivity index (χ2v) is 5.96. The molecule has 1 aliphatic carbocycles. The Morgan fingerprint density at radius 2 is 2.14 bits per heavy atom. The molecule has 2 heterocycles. The number of rotatable bonds is 4. The fourth-order valence-corrected chi connectivity index (χ4v) is 3.00. The highest BCUT2D eigenvalue weighted by Gasteiger charge is 2.19. The Morgan fingerprint density at radius 3 is 2.91 bits per heavy atom. The van der Waals surface area contributed by atoms with Gasteiger partial charge in [0.2, 0.25) is 5.91 Å². The first-order chi connectivity index (χ1) is 10.6. The molecule has 1 aliphatic rings. The molecule has 0 atom stereocenters. The van der Waals surface area contributed by atoms with Crippen LogP contribution in [0.1, 0.15) is 41.1 Å². The maximum Gasteiger partial charge on any atom is 0.224 e. The molecule has 1 N–H and O–H groups in total. The Kier molecular flexibility index (Phi) is 4.22. The van der Waals surface area contributed by atoms with E-state index in [9.17, 15) is 4.79 Å². The predicted octanol–water partition coefficient (Wildman–Crippen LogP) is 1.86. The number of nitrogens with zero attached hydrogens (tertiary/aromatic N) is 3. The van der Waals surface area contributed by atoms with E-state index in [0.29, 0.717) is 13.0 Å². The standard InChI is InChI=1S/C17H22N4O/c1-12-7-8-13(10-18-12)9-17(22)19-11-16-14-5-3-4-6-15(14)20-21(16)2/h7-8,10H,3-6,9,11H2,1-2H3,(H,19,22). The SMILES string of the molecule is Cc1ccc(CC(=O)NCc2c3c(nn2C)CCCC3)cn1. The molecule has 0 radical (unpaired) electrons. The van der Waals surface area contributed by atoms with Gasteiger partial charge in [0, 0.05) is 18.9 Å². The van der Waals surface area contributed by atoms with E-state index < -0.39 is 0 Å². The molecule has 0 aliphatic heterocycles. The molecule has 0 saturated carbocycles. The van der Waals surface area contributed by atoms with Crippen LogP contribution in [-0.2, 0) is 37.6 Å². The summed E-state index contributed by atoms with van der Waals surface area (Å²) in [5.74, 6) is 0.0245. The minimum atomic E-state index is 0.0245. The monoisotopic (exact) mass is 298 g/mol. The van der Waals surface area contributed by atoms with Gasteiger partial charge in [0.15, 0.2) is 0 Å². The number of pyridine rings is 1. The van der Waals surface area contributed by atoms with E-state index in [-0.39, 0.29) is 5.91 Å². The molecular weight excluding hydrogens is 276 g/mol. The molecule has 0 spiro atoms. The first-order valence-corrected chi connectivity index (χ1v) is 7.85. The molecular formula is C17H22N4O. The van der Waals surface area contributed by atoms with E-state index in [1.165, 1.54) is 24.1 Å². The lowest BCUT2D eigenvalue weighted by molar-refractivity contribution is -0.120. The summed E-state index contributed by atoms with van der Waals surface area (Å²) in [7, 11) is 1.96. The quantitative estimate of drug-likeness (QED) is 0.937. The average molecular weight is 298 g/mol. The number of aryl methyl sites for hydroxylation is 3. The average Bonchev–Trinajstić information content (AvgIpc) is 2.83. The molecule has 0 unspecified atom stereocenters. The van der Waals surface area contributed by atoms with Gasteiger partial charge in [-0.2, -0.15) is 5.10 Å². The molecule has 0 aromatic carbocycles. The molecule has 5 heteroatoms. The number of fused-ring (bicyclic) bond motifs is 1. The highest BCUT2D eigenvalue weighted by Crippen LogP contribution is 2.23. The third-order valence-electron chi connectivity index (χ3n) is 4.24. The van der Waals surface area contributed by atoms with Crippen molar-refractivity contribution >= 4 is 5.91 Å². The number of aromatic nitrogens is 3. The van der Waals surface area contributed by atoms with Crippen molar-refractivity contribution in [2.45, 2.75) is 45.6 Å². The van der Waals surface area contributed by atoms with Gasteiger partial charge in [-0.05, 0) is 49.8 Å². The second kappa shape index (κ2) is 6.30. The highest BCUT2D eigenvalue weighted by atomic mass is 16.1. The Balaban J connectivity index is 1.61. The van der Waals surface area contributed by atoms with Gasteiger partial charge in [-0.15, -0.1) is 0 Å². The van der Waals surface area contributed by atoms with Gasteiger partial charge in [-0.3, -0.25) is 14.5 Å². The molecule has 0 fully saturated rings. The van der Waals surface area contributed by atoms with Crippen LogP contribution >= 0.6 is 0 Å². The largest absolute Gasteiger partial charge is 0.350 e. The van der Waals surface area contributed by atoms with Crippen LogP contribution in [0.25, 0.3) is 0 Å². The van der Waals surface area contributed by atoms with Crippen molar-refractivity contribution < 1.29 is 4.79 Å². The third-order valence-corrected chi connectivity index (χ3v) is 4.24. The summed E-state index contributed by atoms with van der Waals surface area (Å²) in [6, 6.07) is 3.88. The van der Waals surface area contributed by atoms with Crippen molar-refractivity contribution in [3.63, 3.8) is 0 Å². The van der Waals surface area contributed by atoms with E-state index in [1.807, 2.05) is 30.8 Å². The first-order valence-electron chi connectivity index (χ1n) is 7.85. The van der Waals surface area contributed by atoms with Gasteiger partial charge in [0.05, 0.1) is 24.4 Å². The van der Waals surface area contributed by atoms with Crippen LogP contribution < -0.4 is 5.32 Å². The van der Waals surface area contributed by atoms with Crippen LogP contribution in [0.5, 0.6) is 0 Å². The Hall–Kier alpha value is -2.17. The Bertz CT molecular complexity index is 673. The molecule has 2 aromatic rings. The van der Waals surface area contributed by atoms with Gasteiger partial charge >= 0.3 is 0 Å². The van der Waals surface area contributed by atoms with Crippen molar-refractivity contribution in [1.82, 2.24) is 20.1 Å². The molecule has 116 valence electrons. The lowest BCUT2D eigenvalue weighted by Crippen LogP contribution is -2.26. The van der Waals surface area contributed by atoms with Crippen LogP contribution in [0.3, 0.4) is 0 Å². The van der Waals surface area contributed by atoms with Gasteiger partial charge in [0.25, 0.3) is 0 Å². The van der Waals surface area contributed by atoms with Crippen molar-refractivity contribution in [2.75, 3.05) is 0 Å². The molecule has 2 aromatic heterocycles.